The summed E-state index contributed by atoms with van der Waals surface area (Å²) in [6, 6.07) is 16.3. The molecule has 10 heteroatoms. The van der Waals surface area contributed by atoms with Crippen molar-refractivity contribution in [1.29, 1.82) is 0 Å². The lowest BCUT2D eigenvalue weighted by Gasteiger charge is -2.25. The predicted molar refractivity (Wildman–Crippen MR) is 144 cm³/mol. The van der Waals surface area contributed by atoms with Gasteiger partial charge in [0.2, 0.25) is 0 Å². The molecule has 178 valence electrons. The second kappa shape index (κ2) is 9.94. The Kier molecular flexibility index (Phi) is 6.55. The van der Waals surface area contributed by atoms with Crippen molar-refractivity contribution in [2.24, 2.45) is 0 Å². The van der Waals surface area contributed by atoms with Crippen LogP contribution in [0.3, 0.4) is 0 Å². The van der Waals surface area contributed by atoms with Crippen molar-refractivity contribution in [3.05, 3.63) is 103 Å². The number of piperidine rings is 1. The maximum atomic E-state index is 13.5. The van der Waals surface area contributed by atoms with Crippen LogP contribution in [-0.2, 0) is 9.59 Å². The van der Waals surface area contributed by atoms with Gasteiger partial charge in [0, 0.05) is 10.9 Å². The Bertz CT molecular complexity index is 1520. The van der Waals surface area contributed by atoms with Gasteiger partial charge in [-0.25, -0.2) is 0 Å². The Hall–Kier alpha value is -3.99. The maximum Gasteiger partial charge on any atom is 0.287 e. The molecule has 7 nitrogen and oxygen atoms in total. The number of ether oxygens (including phenoxy) is 1. The van der Waals surface area contributed by atoms with Crippen LogP contribution in [-0.4, -0.2) is 21.6 Å². The summed E-state index contributed by atoms with van der Waals surface area (Å²) in [5.41, 5.74) is 2.13. The van der Waals surface area contributed by atoms with Gasteiger partial charge in [-0.05, 0) is 52.2 Å². The van der Waals surface area contributed by atoms with Gasteiger partial charge in [-0.15, -0.1) is 11.3 Å². The number of amides is 1. The Morgan fingerprint density at radius 3 is 2.31 bits per heavy atom. The van der Waals surface area contributed by atoms with Crippen molar-refractivity contribution in [2.75, 3.05) is 0 Å². The fourth-order valence-electron chi connectivity index (χ4n) is 3.86. The standard InChI is InChI=1S/C26H16N2O5S3/c29-24-19(10-16-11-35-12-20(16)21-13-36-14-22(21)28(31)32)25(30)27-26(34)23(24)15-6-8-18(9-7-15)33-17-4-2-1-3-5-17/h1-14,23H,(H,27,30,34)/b19-10+. The average Bonchev–Trinajstić information content (AvgIpc) is 3.53. The third-order valence-corrected chi connectivity index (χ3v) is 7.41. The van der Waals surface area contributed by atoms with Gasteiger partial charge in [-0.2, -0.15) is 11.3 Å². The lowest BCUT2D eigenvalue weighted by atomic mass is 9.86. The number of carbonyl (C=O) groups excluding carboxylic acids is 2. The normalized spacial score (nSPS) is 16.7. The van der Waals surface area contributed by atoms with E-state index in [9.17, 15) is 19.7 Å². The SMILES string of the molecule is O=C1NC(=S)C(c2ccc(Oc3ccccc3)cc2)C(=O)/C1=C\c1cscc1-c1cscc1[N+](=O)[O-]. The second-order valence-electron chi connectivity index (χ2n) is 7.83. The number of hydrogen-bond acceptors (Lipinski definition) is 8. The first-order valence-electron chi connectivity index (χ1n) is 10.6. The van der Waals surface area contributed by atoms with Crippen molar-refractivity contribution in [3.63, 3.8) is 0 Å². The average molecular weight is 533 g/mol. The minimum atomic E-state index is -0.840. The van der Waals surface area contributed by atoms with Gasteiger partial charge in [0.1, 0.15) is 11.5 Å². The Labute approximate surface area is 218 Å². The Morgan fingerprint density at radius 1 is 0.917 bits per heavy atom. The van der Waals surface area contributed by atoms with Gasteiger partial charge in [0.25, 0.3) is 11.6 Å². The molecule has 1 atom stereocenters. The molecule has 0 aliphatic carbocycles. The zero-order valence-electron chi connectivity index (χ0n) is 18.4. The number of Topliss-reactive ketones (excluding diaryl/α,β-unsaturated/α-hetero) is 1. The van der Waals surface area contributed by atoms with Crippen LogP contribution in [0.1, 0.15) is 17.0 Å². The van der Waals surface area contributed by atoms with Gasteiger partial charge in [0.05, 0.1) is 32.3 Å². The number of para-hydroxylation sites is 1. The molecule has 1 aliphatic heterocycles. The van der Waals surface area contributed by atoms with Crippen LogP contribution in [0.25, 0.3) is 17.2 Å². The molecule has 1 fully saturated rings. The highest BCUT2D eigenvalue weighted by molar-refractivity contribution is 7.80. The lowest BCUT2D eigenvalue weighted by Crippen LogP contribution is -2.45. The predicted octanol–water partition coefficient (Wildman–Crippen LogP) is 6.37. The number of benzene rings is 2. The molecule has 0 bridgehead atoms. The molecule has 36 heavy (non-hydrogen) atoms. The number of thiocarbonyl (C=S) groups is 1. The monoisotopic (exact) mass is 532 g/mol. The third-order valence-electron chi connectivity index (χ3n) is 5.58. The van der Waals surface area contributed by atoms with Crippen LogP contribution in [0, 0.1) is 10.1 Å². The highest BCUT2D eigenvalue weighted by Crippen LogP contribution is 2.38. The zero-order chi connectivity index (χ0) is 25.2. The first kappa shape index (κ1) is 23.7. The molecule has 2 aromatic carbocycles. The van der Waals surface area contributed by atoms with Gasteiger partial charge < -0.3 is 10.1 Å². The largest absolute Gasteiger partial charge is 0.457 e. The molecule has 3 heterocycles. The smallest absolute Gasteiger partial charge is 0.287 e. The van der Waals surface area contributed by atoms with Gasteiger partial charge in [-0.1, -0.05) is 42.5 Å². The Balaban J connectivity index is 1.45. The summed E-state index contributed by atoms with van der Waals surface area (Å²) in [7, 11) is 0. The highest BCUT2D eigenvalue weighted by atomic mass is 32.1. The third kappa shape index (κ3) is 4.61. The number of nitro groups is 1. The number of rotatable bonds is 6. The van der Waals surface area contributed by atoms with Crippen LogP contribution >= 0.6 is 34.9 Å². The lowest BCUT2D eigenvalue weighted by molar-refractivity contribution is -0.383. The number of nitrogens with one attached hydrogen (secondary N) is 1. The van der Waals surface area contributed by atoms with Gasteiger partial charge in [0.15, 0.2) is 5.78 Å². The summed E-state index contributed by atoms with van der Waals surface area (Å²) in [6.07, 6.45) is 1.48. The fraction of sp³-hybridized carbons (Fsp3) is 0.0385. The summed E-state index contributed by atoms with van der Waals surface area (Å²) in [6.45, 7) is 0. The minimum absolute atomic E-state index is 0.0191. The Morgan fingerprint density at radius 2 is 1.58 bits per heavy atom. The minimum Gasteiger partial charge on any atom is -0.457 e. The fourth-order valence-corrected chi connectivity index (χ4v) is 5.79. The summed E-state index contributed by atoms with van der Waals surface area (Å²) in [5.74, 6) is -0.587. The van der Waals surface area contributed by atoms with Crippen LogP contribution < -0.4 is 10.1 Å². The van der Waals surface area contributed by atoms with Crippen molar-refractivity contribution in [3.8, 4) is 22.6 Å². The summed E-state index contributed by atoms with van der Waals surface area (Å²) in [4.78, 5) is 37.3. The molecule has 5 rings (SSSR count). The molecule has 1 N–H and O–H groups in total. The van der Waals surface area contributed by atoms with E-state index in [1.54, 1.807) is 40.4 Å². The molecule has 0 saturated carbocycles. The first-order chi connectivity index (χ1) is 17.4. The van der Waals surface area contributed by atoms with E-state index in [2.05, 4.69) is 5.32 Å². The molecule has 2 aromatic heterocycles. The van der Waals surface area contributed by atoms with E-state index in [0.717, 1.165) is 0 Å². The van der Waals surface area contributed by atoms with E-state index < -0.39 is 22.5 Å². The maximum absolute atomic E-state index is 13.5. The topological polar surface area (TPSA) is 98.5 Å². The summed E-state index contributed by atoms with van der Waals surface area (Å²) >= 11 is 7.90. The molecule has 0 spiro atoms. The molecule has 1 saturated heterocycles. The van der Waals surface area contributed by atoms with Crippen molar-refractivity contribution in [1.82, 2.24) is 5.32 Å². The summed E-state index contributed by atoms with van der Waals surface area (Å²) in [5, 5.41) is 20.7. The van der Waals surface area contributed by atoms with Crippen LogP contribution in [0.5, 0.6) is 11.5 Å². The van der Waals surface area contributed by atoms with E-state index in [-0.39, 0.29) is 16.2 Å². The van der Waals surface area contributed by atoms with Crippen molar-refractivity contribution < 1.29 is 19.2 Å². The summed E-state index contributed by atoms with van der Waals surface area (Å²) < 4.78 is 5.81. The second-order valence-corrected chi connectivity index (χ2v) is 9.75. The van der Waals surface area contributed by atoms with Crippen LogP contribution in [0.4, 0.5) is 5.69 Å². The quantitative estimate of drug-likeness (QED) is 0.102. The van der Waals surface area contributed by atoms with Crippen LogP contribution in [0.15, 0.2) is 81.7 Å². The van der Waals surface area contributed by atoms with Gasteiger partial charge in [-0.3, -0.25) is 19.7 Å². The van der Waals surface area contributed by atoms with Gasteiger partial charge >= 0.3 is 0 Å². The number of carbonyl (C=O) groups is 2. The van der Waals surface area contributed by atoms with Crippen molar-refractivity contribution in [2.45, 2.75) is 5.92 Å². The van der Waals surface area contributed by atoms with Crippen LogP contribution in [0.2, 0.25) is 0 Å². The molecule has 4 aromatic rings. The van der Waals surface area contributed by atoms with E-state index in [1.807, 2.05) is 30.3 Å². The first-order valence-corrected chi connectivity index (χ1v) is 12.9. The van der Waals surface area contributed by atoms with E-state index in [1.165, 1.54) is 34.1 Å². The molecule has 1 unspecified atom stereocenters. The molecule has 1 aliphatic rings. The zero-order valence-corrected chi connectivity index (χ0v) is 20.8. The van der Waals surface area contributed by atoms with Crippen molar-refractivity contribution >= 4 is 63.3 Å². The van der Waals surface area contributed by atoms with E-state index >= 15 is 0 Å². The number of ketones is 1. The molecule has 0 radical (unpaired) electrons. The number of hydrogen-bond donors (Lipinski definition) is 1. The molecular formula is C26H16N2O5S3. The number of thiophene rings is 2. The molecular weight excluding hydrogens is 516 g/mol. The van der Waals surface area contributed by atoms with E-state index in [0.29, 0.717) is 33.8 Å². The van der Waals surface area contributed by atoms with E-state index in [4.69, 9.17) is 17.0 Å². The molecule has 1 amide bonds. The highest BCUT2D eigenvalue weighted by Gasteiger charge is 2.37. The number of nitrogens with zero attached hydrogens (tertiary/aromatic N) is 1.